The summed E-state index contributed by atoms with van der Waals surface area (Å²) < 4.78 is 0. The Labute approximate surface area is 106 Å². The smallest absolute Gasteiger partial charge is 0.328 e. The van der Waals surface area contributed by atoms with Gasteiger partial charge in [0.25, 0.3) is 5.91 Å². The highest BCUT2D eigenvalue weighted by atomic mass is 16.4. The summed E-state index contributed by atoms with van der Waals surface area (Å²) in [7, 11) is 3.44. The first-order valence-corrected chi connectivity index (χ1v) is 5.39. The van der Waals surface area contributed by atoms with Gasteiger partial charge in [-0.3, -0.25) is 10.2 Å². The number of rotatable bonds is 4. The van der Waals surface area contributed by atoms with E-state index in [0.717, 1.165) is 11.6 Å². The third-order valence-corrected chi connectivity index (χ3v) is 2.11. The molecule has 0 unspecified atom stereocenters. The predicted octanol–water partition coefficient (Wildman–Crippen LogP) is 1.30. The quantitative estimate of drug-likeness (QED) is 0.622. The van der Waals surface area contributed by atoms with Crippen LogP contribution in [-0.4, -0.2) is 36.1 Å². The van der Waals surface area contributed by atoms with Crippen molar-refractivity contribution in [2.75, 3.05) is 14.1 Å². The minimum absolute atomic E-state index is 0.228. The van der Waals surface area contributed by atoms with Gasteiger partial charge >= 0.3 is 5.97 Å². The number of carbonyl (C=O) groups excluding carboxylic acids is 1. The molecule has 0 fully saturated rings. The molecule has 1 aromatic rings. The van der Waals surface area contributed by atoms with Crippen molar-refractivity contribution < 1.29 is 14.7 Å². The zero-order valence-corrected chi connectivity index (χ0v) is 10.6. The molecule has 2 N–H and O–H groups in total. The molecule has 0 aliphatic carbocycles. The Balaban J connectivity index is 3.00. The van der Waals surface area contributed by atoms with Gasteiger partial charge in [-0.15, -0.1) is 0 Å². The fourth-order valence-electron chi connectivity index (χ4n) is 1.48. The third-order valence-electron chi connectivity index (χ3n) is 2.11. The fourth-order valence-corrected chi connectivity index (χ4v) is 1.48. The molecule has 1 aromatic carbocycles. The molecule has 0 atom stereocenters. The van der Waals surface area contributed by atoms with Gasteiger partial charge in [0.05, 0.1) is 0 Å². The van der Waals surface area contributed by atoms with Crippen molar-refractivity contribution in [3.8, 4) is 0 Å². The van der Waals surface area contributed by atoms with E-state index < -0.39 is 5.97 Å². The van der Waals surface area contributed by atoms with Crippen LogP contribution in [0.2, 0.25) is 0 Å². The molecule has 18 heavy (non-hydrogen) atoms. The van der Waals surface area contributed by atoms with E-state index in [1.54, 1.807) is 31.2 Å². The number of carboxylic acids is 1. The van der Waals surface area contributed by atoms with Crippen LogP contribution in [0.25, 0.3) is 6.08 Å². The zero-order chi connectivity index (χ0) is 13.7. The van der Waals surface area contributed by atoms with Gasteiger partial charge in [-0.1, -0.05) is 6.07 Å². The molecule has 0 bridgehead atoms. The Morgan fingerprint density at radius 1 is 1.28 bits per heavy atom. The van der Waals surface area contributed by atoms with Crippen LogP contribution in [0.15, 0.2) is 24.3 Å². The van der Waals surface area contributed by atoms with Gasteiger partial charge in [-0.05, 0) is 36.3 Å². The van der Waals surface area contributed by atoms with Crippen LogP contribution < -0.4 is 5.43 Å². The highest BCUT2D eigenvalue weighted by Crippen LogP contribution is 2.11. The van der Waals surface area contributed by atoms with Gasteiger partial charge in [0.2, 0.25) is 0 Å². The number of nitrogens with one attached hydrogen (secondary N) is 1. The van der Waals surface area contributed by atoms with Crippen LogP contribution >= 0.6 is 0 Å². The van der Waals surface area contributed by atoms with E-state index in [0.29, 0.717) is 11.1 Å². The summed E-state index contributed by atoms with van der Waals surface area (Å²) in [6.45, 7) is 1.85. The van der Waals surface area contributed by atoms with E-state index in [1.807, 2.05) is 13.0 Å². The summed E-state index contributed by atoms with van der Waals surface area (Å²) in [5.74, 6) is -1.25. The van der Waals surface area contributed by atoms with Crippen molar-refractivity contribution in [3.05, 3.63) is 41.0 Å². The molecule has 0 radical (unpaired) electrons. The summed E-state index contributed by atoms with van der Waals surface area (Å²) >= 11 is 0. The summed E-state index contributed by atoms with van der Waals surface area (Å²) in [4.78, 5) is 22.3. The normalized spacial score (nSPS) is 10.9. The average Bonchev–Trinajstić information content (AvgIpc) is 2.24. The van der Waals surface area contributed by atoms with Crippen LogP contribution in [0, 0.1) is 6.92 Å². The van der Waals surface area contributed by atoms with Crippen LogP contribution in [0.5, 0.6) is 0 Å². The second-order valence-corrected chi connectivity index (χ2v) is 4.14. The van der Waals surface area contributed by atoms with Gasteiger partial charge in [0.1, 0.15) is 0 Å². The van der Waals surface area contributed by atoms with Crippen molar-refractivity contribution in [1.82, 2.24) is 10.4 Å². The van der Waals surface area contributed by atoms with E-state index >= 15 is 0 Å². The molecule has 1 amide bonds. The van der Waals surface area contributed by atoms with Crippen LogP contribution in [0.4, 0.5) is 0 Å². The van der Waals surface area contributed by atoms with Crippen LogP contribution in [0.3, 0.4) is 0 Å². The van der Waals surface area contributed by atoms with Crippen molar-refractivity contribution in [2.24, 2.45) is 0 Å². The molecule has 0 aromatic heterocycles. The SMILES string of the molecule is Cc1cc(/C=C/C(=O)O)cc(C(=O)NN(C)C)c1. The molecule has 0 aliphatic rings. The lowest BCUT2D eigenvalue weighted by atomic mass is 10.1. The van der Waals surface area contributed by atoms with E-state index in [9.17, 15) is 9.59 Å². The number of aryl methyl sites for hydroxylation is 1. The first kappa shape index (κ1) is 13.9. The number of carbonyl (C=O) groups is 2. The third kappa shape index (κ3) is 4.39. The molecule has 0 aliphatic heterocycles. The Kier molecular flexibility index (Phi) is 4.62. The number of hydrogen-bond donors (Lipinski definition) is 2. The highest BCUT2D eigenvalue weighted by Gasteiger charge is 2.07. The monoisotopic (exact) mass is 248 g/mol. The molecule has 0 saturated heterocycles. The first-order chi connectivity index (χ1) is 8.38. The van der Waals surface area contributed by atoms with E-state index in [4.69, 9.17) is 5.11 Å². The maximum atomic E-state index is 11.8. The minimum atomic E-state index is -1.02. The number of benzene rings is 1. The Morgan fingerprint density at radius 3 is 2.50 bits per heavy atom. The number of hydrazine groups is 1. The van der Waals surface area contributed by atoms with Gasteiger partial charge < -0.3 is 5.11 Å². The van der Waals surface area contributed by atoms with Crippen LogP contribution in [-0.2, 0) is 4.79 Å². The van der Waals surface area contributed by atoms with Crippen molar-refractivity contribution >= 4 is 18.0 Å². The second kappa shape index (κ2) is 5.97. The van der Waals surface area contributed by atoms with Crippen molar-refractivity contribution in [1.29, 1.82) is 0 Å². The van der Waals surface area contributed by atoms with Crippen LogP contribution in [0.1, 0.15) is 21.5 Å². The molecule has 5 heteroatoms. The van der Waals surface area contributed by atoms with Gasteiger partial charge in [0, 0.05) is 25.7 Å². The van der Waals surface area contributed by atoms with Gasteiger partial charge in [0.15, 0.2) is 0 Å². The molecule has 96 valence electrons. The maximum Gasteiger partial charge on any atom is 0.328 e. The molecule has 0 saturated carbocycles. The molecular weight excluding hydrogens is 232 g/mol. The maximum absolute atomic E-state index is 11.8. The number of aliphatic carboxylic acids is 1. The fraction of sp³-hybridized carbons (Fsp3) is 0.231. The molecule has 5 nitrogen and oxygen atoms in total. The van der Waals surface area contributed by atoms with Gasteiger partial charge in [-0.25, -0.2) is 9.80 Å². The molecular formula is C13H16N2O3. The number of hydrogen-bond acceptors (Lipinski definition) is 3. The van der Waals surface area contributed by atoms with Crippen molar-refractivity contribution in [3.63, 3.8) is 0 Å². The Bertz CT molecular complexity index is 493. The van der Waals surface area contributed by atoms with E-state index in [2.05, 4.69) is 5.43 Å². The number of nitrogens with zero attached hydrogens (tertiary/aromatic N) is 1. The predicted molar refractivity (Wildman–Crippen MR) is 69.0 cm³/mol. The lowest BCUT2D eigenvalue weighted by Gasteiger charge is -2.12. The topological polar surface area (TPSA) is 69.6 Å². The molecule has 1 rings (SSSR count). The first-order valence-electron chi connectivity index (χ1n) is 5.39. The summed E-state index contributed by atoms with van der Waals surface area (Å²) in [5, 5.41) is 10.1. The molecule has 0 spiro atoms. The lowest BCUT2D eigenvalue weighted by Crippen LogP contribution is -2.36. The zero-order valence-electron chi connectivity index (χ0n) is 10.6. The summed E-state index contributed by atoms with van der Waals surface area (Å²) in [6.07, 6.45) is 2.50. The second-order valence-electron chi connectivity index (χ2n) is 4.14. The molecule has 0 heterocycles. The highest BCUT2D eigenvalue weighted by molar-refractivity contribution is 5.95. The standard InChI is InChI=1S/C13H16N2O3/c1-9-6-10(4-5-12(16)17)8-11(7-9)13(18)14-15(2)3/h4-8H,1-3H3,(H,14,18)(H,16,17)/b5-4+. The average molecular weight is 248 g/mol. The summed E-state index contributed by atoms with van der Waals surface area (Å²) in [5.41, 5.74) is 4.70. The summed E-state index contributed by atoms with van der Waals surface area (Å²) in [6, 6.07) is 5.20. The number of carboxylic acid groups (broad SMARTS) is 1. The minimum Gasteiger partial charge on any atom is -0.478 e. The van der Waals surface area contributed by atoms with E-state index in [-0.39, 0.29) is 5.91 Å². The van der Waals surface area contributed by atoms with E-state index in [1.165, 1.54) is 6.08 Å². The van der Waals surface area contributed by atoms with Gasteiger partial charge in [-0.2, -0.15) is 0 Å². The lowest BCUT2D eigenvalue weighted by molar-refractivity contribution is -0.131. The Hall–Kier alpha value is -2.14. The largest absolute Gasteiger partial charge is 0.478 e. The Morgan fingerprint density at radius 2 is 1.94 bits per heavy atom. The van der Waals surface area contributed by atoms with Crippen molar-refractivity contribution in [2.45, 2.75) is 6.92 Å². The number of amides is 1.